The SMILES string of the molecule is CCOc1cc(/C=C2/SC(=O)N(CCCc3ccccc3)C2=O)cc(I)c1OCc1ccccc1. The average molecular weight is 599 g/mol. The lowest BCUT2D eigenvalue weighted by Crippen LogP contribution is -2.29. The lowest BCUT2D eigenvalue weighted by molar-refractivity contribution is -0.122. The van der Waals surface area contributed by atoms with Gasteiger partial charge >= 0.3 is 0 Å². The minimum absolute atomic E-state index is 0.225. The van der Waals surface area contributed by atoms with Crippen LogP contribution in [0.4, 0.5) is 4.79 Å². The Balaban J connectivity index is 1.46. The number of carbonyl (C=O) groups excluding carboxylic acids is 2. The van der Waals surface area contributed by atoms with E-state index in [9.17, 15) is 9.59 Å². The second-order valence-corrected chi connectivity index (χ2v) is 10.1. The van der Waals surface area contributed by atoms with Gasteiger partial charge in [-0.05, 0) is 89.0 Å². The van der Waals surface area contributed by atoms with Gasteiger partial charge in [-0.1, -0.05) is 60.7 Å². The Morgan fingerprint density at radius 2 is 1.63 bits per heavy atom. The highest BCUT2D eigenvalue weighted by Gasteiger charge is 2.34. The van der Waals surface area contributed by atoms with E-state index in [0.717, 1.165) is 39.3 Å². The van der Waals surface area contributed by atoms with Crippen LogP contribution in [-0.2, 0) is 17.8 Å². The van der Waals surface area contributed by atoms with E-state index in [0.29, 0.717) is 36.2 Å². The van der Waals surface area contributed by atoms with Crippen LogP contribution in [-0.4, -0.2) is 29.2 Å². The Kier molecular flexibility index (Phi) is 8.87. The second kappa shape index (κ2) is 12.3. The number of amides is 2. The molecule has 1 aliphatic rings. The zero-order chi connectivity index (χ0) is 24.6. The fourth-order valence-corrected chi connectivity index (χ4v) is 5.38. The number of carbonyl (C=O) groups is 2. The highest BCUT2D eigenvalue weighted by Crippen LogP contribution is 2.38. The third kappa shape index (κ3) is 6.67. The van der Waals surface area contributed by atoms with Gasteiger partial charge in [-0.15, -0.1) is 0 Å². The van der Waals surface area contributed by atoms with Gasteiger partial charge in [0.2, 0.25) is 0 Å². The fourth-order valence-electron chi connectivity index (χ4n) is 3.73. The van der Waals surface area contributed by atoms with Crippen molar-refractivity contribution in [2.24, 2.45) is 0 Å². The lowest BCUT2D eigenvalue weighted by atomic mass is 10.1. The van der Waals surface area contributed by atoms with E-state index in [2.05, 4.69) is 34.7 Å². The molecule has 1 aliphatic heterocycles. The molecule has 0 saturated carbocycles. The van der Waals surface area contributed by atoms with Crippen molar-refractivity contribution in [2.75, 3.05) is 13.2 Å². The number of nitrogens with zero attached hydrogens (tertiary/aromatic N) is 1. The van der Waals surface area contributed by atoms with E-state index >= 15 is 0 Å². The Morgan fingerprint density at radius 3 is 2.31 bits per heavy atom. The van der Waals surface area contributed by atoms with Gasteiger partial charge in [-0.3, -0.25) is 14.5 Å². The molecule has 0 radical (unpaired) electrons. The monoisotopic (exact) mass is 599 g/mol. The van der Waals surface area contributed by atoms with Gasteiger partial charge in [0.25, 0.3) is 11.1 Å². The smallest absolute Gasteiger partial charge is 0.293 e. The number of imide groups is 1. The van der Waals surface area contributed by atoms with Crippen LogP contribution in [0.1, 0.15) is 30.0 Å². The highest BCUT2D eigenvalue weighted by molar-refractivity contribution is 14.1. The quantitative estimate of drug-likeness (QED) is 0.187. The van der Waals surface area contributed by atoms with Crippen molar-refractivity contribution >= 4 is 51.6 Å². The van der Waals surface area contributed by atoms with Crippen molar-refractivity contribution < 1.29 is 19.1 Å². The Hall–Kier alpha value is -2.78. The lowest BCUT2D eigenvalue weighted by Gasteiger charge is -2.15. The van der Waals surface area contributed by atoms with E-state index < -0.39 is 0 Å². The first-order valence-electron chi connectivity index (χ1n) is 11.5. The summed E-state index contributed by atoms with van der Waals surface area (Å²) in [6.07, 6.45) is 3.31. The van der Waals surface area contributed by atoms with Crippen LogP contribution in [0.25, 0.3) is 6.08 Å². The van der Waals surface area contributed by atoms with Crippen LogP contribution >= 0.6 is 34.4 Å². The van der Waals surface area contributed by atoms with E-state index in [-0.39, 0.29) is 11.1 Å². The Labute approximate surface area is 223 Å². The predicted octanol–water partition coefficient (Wildman–Crippen LogP) is 6.94. The topological polar surface area (TPSA) is 55.8 Å². The summed E-state index contributed by atoms with van der Waals surface area (Å²) >= 11 is 3.20. The summed E-state index contributed by atoms with van der Waals surface area (Å²) in [7, 11) is 0. The number of halogens is 1. The summed E-state index contributed by atoms with van der Waals surface area (Å²) < 4.78 is 12.8. The summed E-state index contributed by atoms with van der Waals surface area (Å²) in [5, 5.41) is -0.225. The number of rotatable bonds is 10. The summed E-state index contributed by atoms with van der Waals surface area (Å²) in [6.45, 7) is 3.24. The van der Waals surface area contributed by atoms with Crippen molar-refractivity contribution in [1.29, 1.82) is 0 Å². The molecule has 3 aromatic carbocycles. The largest absolute Gasteiger partial charge is 0.490 e. The van der Waals surface area contributed by atoms with Gasteiger partial charge in [0, 0.05) is 6.54 Å². The zero-order valence-electron chi connectivity index (χ0n) is 19.4. The van der Waals surface area contributed by atoms with Crippen molar-refractivity contribution in [2.45, 2.75) is 26.4 Å². The summed E-state index contributed by atoms with van der Waals surface area (Å²) in [4.78, 5) is 27.2. The molecule has 0 spiro atoms. The number of hydrogen-bond acceptors (Lipinski definition) is 5. The van der Waals surface area contributed by atoms with Crippen molar-refractivity contribution in [3.63, 3.8) is 0 Å². The van der Waals surface area contributed by atoms with Gasteiger partial charge in [-0.2, -0.15) is 0 Å². The fraction of sp³-hybridized carbons (Fsp3) is 0.214. The summed E-state index contributed by atoms with van der Waals surface area (Å²) in [5.74, 6) is 1.04. The first-order chi connectivity index (χ1) is 17.0. The third-order valence-electron chi connectivity index (χ3n) is 5.42. The van der Waals surface area contributed by atoms with Crippen LogP contribution in [0, 0.1) is 3.57 Å². The molecule has 0 aliphatic carbocycles. The molecule has 0 N–H and O–H groups in total. The maximum absolute atomic E-state index is 12.9. The molecule has 5 nitrogen and oxygen atoms in total. The number of aryl methyl sites for hydroxylation is 1. The molecule has 35 heavy (non-hydrogen) atoms. The number of ether oxygens (including phenoxy) is 2. The molecule has 0 unspecified atom stereocenters. The van der Waals surface area contributed by atoms with Crippen molar-refractivity contribution in [3.05, 3.63) is 98.0 Å². The van der Waals surface area contributed by atoms with Gasteiger partial charge < -0.3 is 9.47 Å². The minimum Gasteiger partial charge on any atom is -0.490 e. The standard InChI is InChI=1S/C28H26INO4S/c1-2-33-24-17-22(16-23(29)26(24)34-19-21-12-7-4-8-13-21)18-25-27(31)30(28(32)35-25)15-9-14-20-10-5-3-6-11-20/h3-8,10-13,16-18H,2,9,14-15,19H2,1H3/b25-18+. The minimum atomic E-state index is -0.245. The van der Waals surface area contributed by atoms with Crippen LogP contribution in [0.15, 0.2) is 77.7 Å². The van der Waals surface area contributed by atoms with Gasteiger partial charge in [0.05, 0.1) is 15.1 Å². The van der Waals surface area contributed by atoms with E-state index in [1.807, 2.05) is 67.6 Å². The van der Waals surface area contributed by atoms with Crippen molar-refractivity contribution in [3.8, 4) is 11.5 Å². The van der Waals surface area contributed by atoms with Gasteiger partial charge in [-0.25, -0.2) is 0 Å². The zero-order valence-corrected chi connectivity index (χ0v) is 22.4. The number of hydrogen-bond donors (Lipinski definition) is 0. The first-order valence-corrected chi connectivity index (χ1v) is 13.4. The normalized spacial score (nSPS) is 14.6. The second-order valence-electron chi connectivity index (χ2n) is 7.96. The molecule has 2 amide bonds. The average Bonchev–Trinajstić information content (AvgIpc) is 3.12. The molecule has 3 aromatic rings. The van der Waals surface area contributed by atoms with Crippen LogP contribution in [0.2, 0.25) is 0 Å². The predicted molar refractivity (Wildman–Crippen MR) is 149 cm³/mol. The molecule has 1 fully saturated rings. The molecule has 4 rings (SSSR count). The third-order valence-corrected chi connectivity index (χ3v) is 7.13. The molecule has 7 heteroatoms. The molecular formula is C28H26INO4S. The first kappa shape index (κ1) is 25.3. The van der Waals surface area contributed by atoms with Crippen LogP contribution < -0.4 is 9.47 Å². The molecule has 1 heterocycles. The molecule has 0 aromatic heterocycles. The Morgan fingerprint density at radius 1 is 0.943 bits per heavy atom. The van der Waals surface area contributed by atoms with Crippen LogP contribution in [0.5, 0.6) is 11.5 Å². The molecule has 1 saturated heterocycles. The molecule has 180 valence electrons. The van der Waals surface area contributed by atoms with Crippen molar-refractivity contribution in [1.82, 2.24) is 4.90 Å². The molecule has 0 atom stereocenters. The number of thioether (sulfide) groups is 1. The van der Waals surface area contributed by atoms with E-state index in [1.54, 1.807) is 6.08 Å². The van der Waals surface area contributed by atoms with Gasteiger partial charge in [0.1, 0.15) is 6.61 Å². The van der Waals surface area contributed by atoms with E-state index in [4.69, 9.17) is 9.47 Å². The highest BCUT2D eigenvalue weighted by atomic mass is 127. The van der Waals surface area contributed by atoms with E-state index in [1.165, 1.54) is 10.5 Å². The molecule has 0 bridgehead atoms. The van der Waals surface area contributed by atoms with Crippen LogP contribution in [0.3, 0.4) is 0 Å². The maximum atomic E-state index is 12.9. The molecular weight excluding hydrogens is 573 g/mol. The Bertz CT molecular complexity index is 1210. The number of benzene rings is 3. The summed E-state index contributed by atoms with van der Waals surface area (Å²) in [6, 6.07) is 23.8. The van der Waals surface area contributed by atoms with Gasteiger partial charge in [0.15, 0.2) is 11.5 Å². The maximum Gasteiger partial charge on any atom is 0.293 e. The summed E-state index contributed by atoms with van der Waals surface area (Å²) in [5.41, 5.74) is 3.05.